The molecule has 3 rings (SSSR count). The highest BCUT2D eigenvalue weighted by molar-refractivity contribution is 6.48. The third-order valence-corrected chi connectivity index (χ3v) is 7.18. The summed E-state index contributed by atoms with van der Waals surface area (Å²) in [6.45, 7) is 7.35. The van der Waals surface area contributed by atoms with Gasteiger partial charge in [0.1, 0.15) is 12.3 Å². The van der Waals surface area contributed by atoms with E-state index in [2.05, 4.69) is 25.3 Å². The van der Waals surface area contributed by atoms with E-state index in [1.54, 1.807) is 17.0 Å². The number of hydrogen-bond acceptors (Lipinski definition) is 6. The Morgan fingerprint density at radius 3 is 2.62 bits per heavy atom. The average Bonchev–Trinajstić information content (AvgIpc) is 3.34. The first-order valence-corrected chi connectivity index (χ1v) is 14.2. The summed E-state index contributed by atoms with van der Waals surface area (Å²) in [6.07, 6.45) is 3.73. The van der Waals surface area contributed by atoms with Gasteiger partial charge in [0.05, 0.1) is 4.92 Å². The maximum atomic E-state index is 13.3. The van der Waals surface area contributed by atoms with Gasteiger partial charge in [0.2, 0.25) is 5.91 Å². The predicted octanol–water partition coefficient (Wildman–Crippen LogP) is 3.58. The standard InChI is InChI=1S/C22H33N3O6Si/c1-4-5-6-17-11-12-24(22(17,31-32(2)3)18-13-20(26)23-14-18)21(27)30-15-16-7-9-19(10-8-16)25(28)29/h7-10,17-18,32H,4-6,11-15H2,1-3H3,(H,23,26). The Morgan fingerprint density at radius 1 is 1.34 bits per heavy atom. The van der Waals surface area contributed by atoms with Crippen molar-refractivity contribution in [3.8, 4) is 0 Å². The average molecular weight is 464 g/mol. The number of nitro groups is 1. The fraction of sp³-hybridized carbons (Fsp3) is 0.636. The lowest BCUT2D eigenvalue weighted by Crippen LogP contribution is -2.60. The van der Waals surface area contributed by atoms with Gasteiger partial charge in [-0.2, -0.15) is 0 Å². The molecule has 0 aliphatic carbocycles. The van der Waals surface area contributed by atoms with Gasteiger partial charge in [-0.25, -0.2) is 4.79 Å². The zero-order valence-electron chi connectivity index (χ0n) is 19.0. The van der Waals surface area contributed by atoms with E-state index in [9.17, 15) is 19.7 Å². The van der Waals surface area contributed by atoms with Gasteiger partial charge in [-0.3, -0.25) is 19.8 Å². The third-order valence-electron chi connectivity index (χ3n) is 6.33. The second-order valence-electron chi connectivity index (χ2n) is 8.88. The summed E-state index contributed by atoms with van der Waals surface area (Å²) in [5.41, 5.74) is -0.166. The number of nitrogens with one attached hydrogen (secondary N) is 1. The summed E-state index contributed by atoms with van der Waals surface area (Å²) in [4.78, 5) is 37.5. The summed E-state index contributed by atoms with van der Waals surface area (Å²) >= 11 is 0. The lowest BCUT2D eigenvalue weighted by Gasteiger charge is -2.47. The number of hydrogen-bond donors (Lipinski definition) is 1. The second-order valence-corrected chi connectivity index (χ2v) is 11.2. The number of nitrogens with zero attached hydrogens (tertiary/aromatic N) is 2. The summed E-state index contributed by atoms with van der Waals surface area (Å²) in [6, 6.07) is 5.97. The van der Waals surface area contributed by atoms with Gasteiger partial charge in [0, 0.05) is 43.5 Å². The number of rotatable bonds is 9. The van der Waals surface area contributed by atoms with Crippen LogP contribution in [0.2, 0.25) is 13.1 Å². The second kappa shape index (κ2) is 10.4. The maximum absolute atomic E-state index is 13.3. The third kappa shape index (κ3) is 5.12. The van der Waals surface area contributed by atoms with E-state index in [0.717, 1.165) is 25.7 Å². The first kappa shape index (κ1) is 24.2. The van der Waals surface area contributed by atoms with Crippen LogP contribution in [0.1, 0.15) is 44.6 Å². The molecule has 0 spiro atoms. The Bertz CT molecular complexity index is 833. The van der Waals surface area contributed by atoms with Crippen molar-refractivity contribution in [1.29, 1.82) is 0 Å². The van der Waals surface area contributed by atoms with Gasteiger partial charge in [-0.1, -0.05) is 19.8 Å². The van der Waals surface area contributed by atoms with E-state index in [-0.39, 0.29) is 30.0 Å². The molecule has 32 heavy (non-hydrogen) atoms. The monoisotopic (exact) mass is 463 g/mol. The van der Waals surface area contributed by atoms with Crippen LogP contribution in [-0.4, -0.2) is 49.7 Å². The molecule has 2 aliphatic rings. The molecule has 2 saturated heterocycles. The number of amides is 2. The van der Waals surface area contributed by atoms with Crippen LogP contribution >= 0.6 is 0 Å². The number of likely N-dealkylation sites (tertiary alicyclic amines) is 1. The van der Waals surface area contributed by atoms with Crippen molar-refractivity contribution in [3.05, 3.63) is 39.9 Å². The molecule has 10 heteroatoms. The van der Waals surface area contributed by atoms with Crippen LogP contribution in [0, 0.1) is 22.0 Å². The fourth-order valence-corrected chi connectivity index (χ4v) is 6.21. The first-order valence-electron chi connectivity index (χ1n) is 11.4. The zero-order chi connectivity index (χ0) is 23.3. The molecule has 2 heterocycles. The van der Waals surface area contributed by atoms with Crippen LogP contribution in [0.4, 0.5) is 10.5 Å². The molecule has 2 fully saturated rings. The van der Waals surface area contributed by atoms with Gasteiger partial charge < -0.3 is 14.5 Å². The van der Waals surface area contributed by atoms with Gasteiger partial charge in [-0.15, -0.1) is 0 Å². The van der Waals surface area contributed by atoms with Crippen LogP contribution in [0.3, 0.4) is 0 Å². The Labute approximate surface area is 190 Å². The van der Waals surface area contributed by atoms with Gasteiger partial charge >= 0.3 is 6.09 Å². The molecule has 0 aromatic heterocycles. The summed E-state index contributed by atoms with van der Waals surface area (Å²) in [5.74, 6) is 0.0342. The molecular formula is C22H33N3O6Si. The molecule has 176 valence electrons. The Kier molecular flexibility index (Phi) is 7.89. The summed E-state index contributed by atoms with van der Waals surface area (Å²) in [5, 5.41) is 13.8. The normalized spacial score (nSPS) is 25.2. The highest BCUT2D eigenvalue weighted by Crippen LogP contribution is 2.47. The Morgan fingerprint density at radius 2 is 2.06 bits per heavy atom. The van der Waals surface area contributed by atoms with Crippen molar-refractivity contribution in [2.24, 2.45) is 11.8 Å². The van der Waals surface area contributed by atoms with Crippen LogP contribution in [-0.2, 0) is 20.6 Å². The molecule has 1 aromatic carbocycles. The van der Waals surface area contributed by atoms with E-state index in [1.165, 1.54) is 12.1 Å². The molecule has 0 saturated carbocycles. The summed E-state index contributed by atoms with van der Waals surface area (Å²) in [7, 11) is -1.57. The molecule has 2 amide bonds. The van der Waals surface area contributed by atoms with Crippen LogP contribution in [0.25, 0.3) is 0 Å². The zero-order valence-corrected chi connectivity index (χ0v) is 20.2. The number of non-ortho nitro benzene ring substituents is 1. The van der Waals surface area contributed by atoms with Crippen molar-refractivity contribution in [2.45, 2.75) is 64.5 Å². The van der Waals surface area contributed by atoms with Crippen molar-refractivity contribution in [3.63, 3.8) is 0 Å². The minimum atomic E-state index is -1.57. The Hall–Kier alpha value is -2.46. The van der Waals surface area contributed by atoms with Crippen molar-refractivity contribution in [1.82, 2.24) is 10.2 Å². The number of nitro benzene ring substituents is 1. The molecule has 9 nitrogen and oxygen atoms in total. The van der Waals surface area contributed by atoms with Crippen molar-refractivity contribution >= 4 is 26.7 Å². The Balaban J connectivity index is 1.81. The lowest BCUT2D eigenvalue weighted by molar-refractivity contribution is -0.384. The molecule has 0 bridgehead atoms. The summed E-state index contributed by atoms with van der Waals surface area (Å²) < 4.78 is 12.3. The van der Waals surface area contributed by atoms with Crippen LogP contribution < -0.4 is 5.32 Å². The number of carbonyl (C=O) groups is 2. The van der Waals surface area contributed by atoms with Gasteiger partial charge in [-0.05, 0) is 43.6 Å². The van der Waals surface area contributed by atoms with Crippen LogP contribution in [0.15, 0.2) is 24.3 Å². The highest BCUT2D eigenvalue weighted by Gasteiger charge is 2.58. The number of ether oxygens (including phenoxy) is 1. The molecule has 1 N–H and O–H groups in total. The minimum Gasteiger partial charge on any atom is -0.444 e. The molecule has 2 aliphatic heterocycles. The molecule has 3 atom stereocenters. The number of benzene rings is 1. The largest absolute Gasteiger partial charge is 0.444 e. The van der Waals surface area contributed by atoms with Crippen LogP contribution in [0.5, 0.6) is 0 Å². The topological polar surface area (TPSA) is 111 Å². The van der Waals surface area contributed by atoms with E-state index in [1.807, 2.05) is 0 Å². The quantitative estimate of drug-likeness (QED) is 0.340. The number of unbranched alkanes of at least 4 members (excludes halogenated alkanes) is 1. The van der Waals surface area contributed by atoms with Gasteiger partial charge in [0.15, 0.2) is 9.04 Å². The molecule has 3 unspecified atom stereocenters. The van der Waals surface area contributed by atoms with Crippen molar-refractivity contribution in [2.75, 3.05) is 13.1 Å². The van der Waals surface area contributed by atoms with Gasteiger partial charge in [0.25, 0.3) is 5.69 Å². The van der Waals surface area contributed by atoms with Crippen molar-refractivity contribution < 1.29 is 23.7 Å². The van der Waals surface area contributed by atoms with E-state index < -0.39 is 25.8 Å². The molecule has 1 aromatic rings. The van der Waals surface area contributed by atoms with E-state index in [0.29, 0.717) is 25.1 Å². The minimum absolute atomic E-state index is 0.00825. The molecule has 0 radical (unpaired) electrons. The SMILES string of the molecule is CCCCC1CCN(C(=O)OCc2ccc([N+](=O)[O-])cc2)C1(O[SiH](C)C)C1CNC(=O)C1. The van der Waals surface area contributed by atoms with E-state index >= 15 is 0 Å². The molecular weight excluding hydrogens is 430 g/mol. The predicted molar refractivity (Wildman–Crippen MR) is 121 cm³/mol. The maximum Gasteiger partial charge on any atom is 0.412 e. The lowest BCUT2D eigenvalue weighted by atomic mass is 9.81. The smallest absolute Gasteiger partial charge is 0.412 e. The fourth-order valence-electron chi connectivity index (χ4n) is 4.94. The highest BCUT2D eigenvalue weighted by atomic mass is 28.3. The van der Waals surface area contributed by atoms with E-state index in [4.69, 9.17) is 9.16 Å². The first-order chi connectivity index (χ1) is 15.3. The number of carbonyl (C=O) groups excluding carboxylic acids is 2.